The molecule has 0 aliphatic carbocycles. The molecule has 0 bridgehead atoms. The van der Waals surface area contributed by atoms with Crippen LogP contribution in [0.25, 0.3) is 22.2 Å². The molecule has 3 heterocycles. The summed E-state index contributed by atoms with van der Waals surface area (Å²) in [4.78, 5) is 31.9. The van der Waals surface area contributed by atoms with Crippen LogP contribution in [0.1, 0.15) is 37.5 Å². The van der Waals surface area contributed by atoms with Crippen LogP contribution < -0.4 is 21.3 Å². The van der Waals surface area contributed by atoms with E-state index in [0.717, 1.165) is 0 Å². The summed E-state index contributed by atoms with van der Waals surface area (Å²) in [6, 6.07) is 10.3. The first kappa shape index (κ1) is 21.9. The Kier molecular flexibility index (Phi) is 6.58. The number of unbranched alkanes of at least 4 members (excludes halogenated alkanes) is 1. The molecule has 0 spiro atoms. The highest BCUT2D eigenvalue weighted by atomic mass is 16.5. The summed E-state index contributed by atoms with van der Waals surface area (Å²) in [5.74, 6) is 1.34. The van der Waals surface area contributed by atoms with E-state index in [-0.39, 0.29) is 17.5 Å². The molecule has 0 aliphatic rings. The fraction of sp³-hybridized carbons (Fsp3) is 0.273. The molecule has 3 aromatic heterocycles. The van der Waals surface area contributed by atoms with E-state index >= 15 is 0 Å². The highest BCUT2D eigenvalue weighted by molar-refractivity contribution is 5.90. The fourth-order valence-electron chi connectivity index (χ4n) is 3.42. The topological polar surface area (TPSA) is 162 Å². The maximum Gasteiger partial charge on any atom is 0.272 e. The number of carbonyl (C=O) groups excluding carboxylic acids is 1. The highest BCUT2D eigenvalue weighted by Crippen LogP contribution is 2.27. The van der Waals surface area contributed by atoms with Crippen molar-refractivity contribution in [2.75, 3.05) is 12.4 Å². The average molecular weight is 449 g/mol. The number of nitrogens with one attached hydrogen (secondary N) is 2. The molecule has 170 valence electrons. The lowest BCUT2D eigenvalue weighted by Crippen LogP contribution is -2.17. The van der Waals surface area contributed by atoms with Gasteiger partial charge in [-0.3, -0.25) is 9.59 Å². The highest BCUT2D eigenvalue weighted by Gasteiger charge is 2.21. The number of methoxy groups -OCH3 is 1. The van der Waals surface area contributed by atoms with Crippen molar-refractivity contribution in [1.29, 1.82) is 0 Å². The van der Waals surface area contributed by atoms with E-state index in [1.807, 2.05) is 12.1 Å². The first-order valence-corrected chi connectivity index (χ1v) is 10.4. The van der Waals surface area contributed by atoms with E-state index < -0.39 is 0 Å². The molecule has 0 saturated heterocycles. The van der Waals surface area contributed by atoms with Crippen molar-refractivity contribution in [2.24, 2.45) is 5.73 Å². The molecule has 4 rings (SSSR count). The van der Waals surface area contributed by atoms with Gasteiger partial charge in [0.2, 0.25) is 11.8 Å². The minimum atomic E-state index is -0.386. The number of anilines is 1. The van der Waals surface area contributed by atoms with Gasteiger partial charge in [0.1, 0.15) is 0 Å². The summed E-state index contributed by atoms with van der Waals surface area (Å²) in [5, 5.41) is 15.3. The predicted octanol–water partition coefficient (Wildman–Crippen LogP) is 2.58. The molecule has 0 aliphatic heterocycles. The van der Waals surface area contributed by atoms with E-state index in [1.165, 1.54) is 7.11 Å². The Balaban J connectivity index is 1.61. The quantitative estimate of drug-likeness (QED) is 0.309. The lowest BCUT2D eigenvalue weighted by Gasteiger charge is -2.16. The van der Waals surface area contributed by atoms with Gasteiger partial charge in [-0.05, 0) is 25.0 Å². The van der Waals surface area contributed by atoms with Crippen molar-refractivity contribution in [3.05, 3.63) is 58.8 Å². The van der Waals surface area contributed by atoms with Crippen LogP contribution in [0.5, 0.6) is 5.88 Å². The summed E-state index contributed by atoms with van der Waals surface area (Å²) in [5.41, 5.74) is 5.63. The maximum absolute atomic E-state index is 12.1. The maximum atomic E-state index is 12.1. The number of pyridine rings is 1. The summed E-state index contributed by atoms with van der Waals surface area (Å²) in [6.45, 7) is 0. The molecule has 33 heavy (non-hydrogen) atoms. The van der Waals surface area contributed by atoms with Gasteiger partial charge in [-0.15, -0.1) is 0 Å². The number of nitrogens with zero attached hydrogens (tertiary/aromatic N) is 4. The fourth-order valence-corrected chi connectivity index (χ4v) is 3.42. The van der Waals surface area contributed by atoms with Gasteiger partial charge < -0.3 is 20.3 Å². The smallest absolute Gasteiger partial charge is 0.272 e. The van der Waals surface area contributed by atoms with Gasteiger partial charge in [-0.1, -0.05) is 29.8 Å². The average Bonchev–Trinajstić information content (AvgIpc) is 3.33. The molecule has 11 nitrogen and oxygen atoms in total. The Morgan fingerprint density at radius 1 is 1.21 bits per heavy atom. The second kappa shape index (κ2) is 9.90. The Morgan fingerprint density at radius 2 is 2.03 bits per heavy atom. The first-order chi connectivity index (χ1) is 16.0. The number of hydrogen-bond donors (Lipinski definition) is 3. The summed E-state index contributed by atoms with van der Waals surface area (Å²) >= 11 is 0. The number of nitrogens with two attached hydrogens (primary N) is 1. The first-order valence-electron chi connectivity index (χ1n) is 10.4. The van der Waals surface area contributed by atoms with Gasteiger partial charge >= 0.3 is 0 Å². The Morgan fingerprint density at radius 3 is 2.76 bits per heavy atom. The molecule has 0 radical (unpaired) electrons. The molecule has 1 aromatic carbocycles. The number of hydrogen-bond acceptors (Lipinski definition) is 9. The number of ether oxygens (including phenoxy) is 1. The van der Waals surface area contributed by atoms with E-state index in [0.29, 0.717) is 65.4 Å². The molecule has 11 heteroatoms. The number of fused-ring (bicyclic) bond motifs is 1. The summed E-state index contributed by atoms with van der Waals surface area (Å²) in [7, 11) is 1.54. The standard InChI is InChI=1S/C22H23N7O4/c1-32-18-11-10-13(12-24-18)22-26-20(29-33-22)16(8-4-5-9-17(23)30)25-19-14-6-2-3-7-15(14)21(31)28-27-19/h2-3,6-7,10-12,16H,4-5,8-9H2,1H3,(H2,23,30)(H,25,27)(H,28,31). The summed E-state index contributed by atoms with van der Waals surface area (Å²) in [6.07, 6.45) is 3.78. The van der Waals surface area contributed by atoms with Gasteiger partial charge in [0, 0.05) is 24.1 Å². The number of carbonyl (C=O) groups is 1. The van der Waals surface area contributed by atoms with Crippen LogP contribution in [-0.4, -0.2) is 38.3 Å². The van der Waals surface area contributed by atoms with Crippen LogP contribution in [0.3, 0.4) is 0 Å². The number of H-pyrrole nitrogens is 1. The predicted molar refractivity (Wildman–Crippen MR) is 120 cm³/mol. The van der Waals surface area contributed by atoms with Gasteiger partial charge in [0.25, 0.3) is 11.4 Å². The normalized spacial score (nSPS) is 11.9. The van der Waals surface area contributed by atoms with Crippen LogP contribution in [0.4, 0.5) is 5.82 Å². The number of amides is 1. The SMILES string of the molecule is COc1ccc(-c2nc(C(CCCCC(N)=O)Nc3n[nH]c(=O)c4ccccc34)no2)cn1. The molecule has 1 atom stereocenters. The third kappa shape index (κ3) is 5.14. The van der Waals surface area contributed by atoms with Crippen molar-refractivity contribution in [1.82, 2.24) is 25.3 Å². The van der Waals surface area contributed by atoms with Crippen molar-refractivity contribution >= 4 is 22.5 Å². The Bertz CT molecular complexity index is 1300. The van der Waals surface area contributed by atoms with E-state index in [4.69, 9.17) is 15.0 Å². The van der Waals surface area contributed by atoms with Crippen molar-refractivity contribution in [2.45, 2.75) is 31.7 Å². The van der Waals surface area contributed by atoms with Crippen LogP contribution in [0.15, 0.2) is 51.9 Å². The van der Waals surface area contributed by atoms with E-state index in [2.05, 4.69) is 30.6 Å². The number of benzene rings is 1. The lowest BCUT2D eigenvalue weighted by atomic mass is 10.1. The molecular formula is C22H23N7O4. The van der Waals surface area contributed by atoms with Crippen LogP contribution in [-0.2, 0) is 4.79 Å². The van der Waals surface area contributed by atoms with E-state index in [9.17, 15) is 9.59 Å². The van der Waals surface area contributed by atoms with Gasteiger partial charge in [0.05, 0.1) is 24.1 Å². The zero-order valence-electron chi connectivity index (χ0n) is 17.9. The molecule has 4 aromatic rings. The molecule has 1 unspecified atom stereocenters. The van der Waals surface area contributed by atoms with Crippen LogP contribution in [0.2, 0.25) is 0 Å². The number of aromatic nitrogens is 5. The van der Waals surface area contributed by atoms with Crippen LogP contribution >= 0.6 is 0 Å². The molecule has 1 amide bonds. The zero-order chi connectivity index (χ0) is 23.2. The number of primary amides is 1. The minimum absolute atomic E-state index is 0.275. The number of rotatable bonds is 10. The molecular weight excluding hydrogens is 426 g/mol. The molecule has 4 N–H and O–H groups in total. The van der Waals surface area contributed by atoms with Gasteiger partial charge in [0.15, 0.2) is 11.6 Å². The molecule has 0 fully saturated rings. The minimum Gasteiger partial charge on any atom is -0.481 e. The third-order valence-corrected chi connectivity index (χ3v) is 5.12. The van der Waals surface area contributed by atoms with Crippen molar-refractivity contribution < 1.29 is 14.1 Å². The largest absolute Gasteiger partial charge is 0.481 e. The summed E-state index contributed by atoms with van der Waals surface area (Å²) < 4.78 is 10.5. The second-order valence-corrected chi connectivity index (χ2v) is 7.40. The Labute approximate surface area is 188 Å². The monoisotopic (exact) mass is 449 g/mol. The van der Waals surface area contributed by atoms with Gasteiger partial charge in [-0.25, -0.2) is 10.1 Å². The zero-order valence-corrected chi connectivity index (χ0v) is 17.9. The second-order valence-electron chi connectivity index (χ2n) is 7.40. The van der Waals surface area contributed by atoms with Crippen molar-refractivity contribution in [3.63, 3.8) is 0 Å². The van der Waals surface area contributed by atoms with Crippen LogP contribution in [0, 0.1) is 0 Å². The van der Waals surface area contributed by atoms with E-state index in [1.54, 1.807) is 30.5 Å². The van der Waals surface area contributed by atoms with Gasteiger partial charge in [-0.2, -0.15) is 10.1 Å². The van der Waals surface area contributed by atoms with Crippen molar-refractivity contribution in [3.8, 4) is 17.3 Å². The third-order valence-electron chi connectivity index (χ3n) is 5.12. The lowest BCUT2D eigenvalue weighted by molar-refractivity contribution is -0.118. The molecule has 0 saturated carbocycles. The number of aromatic amines is 1. The Hall–Kier alpha value is -4.28.